The van der Waals surface area contributed by atoms with Crippen molar-refractivity contribution in [2.45, 2.75) is 19.8 Å². The number of aromatic nitrogens is 2. The van der Waals surface area contributed by atoms with Crippen LogP contribution in [0.2, 0.25) is 0 Å². The quantitative estimate of drug-likeness (QED) is 0.851. The Balaban J connectivity index is 1.74. The summed E-state index contributed by atoms with van der Waals surface area (Å²) < 4.78 is 5.37. The fourth-order valence-corrected chi connectivity index (χ4v) is 3.77. The first-order chi connectivity index (χ1) is 12.3. The molecule has 0 N–H and O–H groups in total. The van der Waals surface area contributed by atoms with Gasteiger partial charge in [-0.15, -0.1) is 0 Å². The number of rotatable bonds is 4. The lowest BCUT2D eigenvalue weighted by Gasteiger charge is -2.36. The first-order valence-electron chi connectivity index (χ1n) is 9.36. The summed E-state index contributed by atoms with van der Waals surface area (Å²) in [7, 11) is 1.69. The Labute approximate surface area is 149 Å². The second kappa shape index (κ2) is 7.04. The first kappa shape index (κ1) is 16.4. The molecule has 25 heavy (non-hydrogen) atoms. The number of methoxy groups -OCH3 is 1. The summed E-state index contributed by atoms with van der Waals surface area (Å²) in [4.78, 5) is 17.3. The van der Waals surface area contributed by atoms with E-state index in [4.69, 9.17) is 14.7 Å². The third kappa shape index (κ3) is 3.23. The predicted molar refractivity (Wildman–Crippen MR) is 102 cm³/mol. The van der Waals surface area contributed by atoms with Crippen LogP contribution in [-0.4, -0.2) is 67.8 Å². The van der Waals surface area contributed by atoms with Gasteiger partial charge in [-0.05, 0) is 31.5 Å². The molecule has 4 rings (SSSR count). The molecule has 0 unspecified atom stereocenters. The van der Waals surface area contributed by atoms with Gasteiger partial charge in [0.1, 0.15) is 5.75 Å². The van der Waals surface area contributed by atoms with Gasteiger partial charge in [0.25, 0.3) is 0 Å². The number of benzene rings is 1. The fourth-order valence-electron chi connectivity index (χ4n) is 3.77. The van der Waals surface area contributed by atoms with E-state index in [1.54, 1.807) is 7.11 Å². The lowest BCUT2D eigenvalue weighted by Crippen LogP contribution is -2.47. The molecule has 2 aromatic rings. The van der Waals surface area contributed by atoms with Crippen molar-refractivity contribution in [1.29, 1.82) is 0 Å². The maximum absolute atomic E-state index is 5.37. The maximum atomic E-state index is 5.37. The average Bonchev–Trinajstić information content (AvgIpc) is 3.21. The van der Waals surface area contributed by atoms with Crippen molar-refractivity contribution < 1.29 is 4.74 Å². The molecule has 0 aliphatic carbocycles. The normalized spacial score (nSPS) is 19.0. The Morgan fingerprint density at radius 1 is 0.880 bits per heavy atom. The van der Waals surface area contributed by atoms with Crippen molar-refractivity contribution in [3.05, 3.63) is 18.2 Å². The van der Waals surface area contributed by atoms with Crippen LogP contribution in [0.5, 0.6) is 5.75 Å². The molecule has 0 amide bonds. The zero-order valence-corrected chi connectivity index (χ0v) is 15.2. The summed E-state index contributed by atoms with van der Waals surface area (Å²) in [5.74, 6) is 2.93. The summed E-state index contributed by atoms with van der Waals surface area (Å²) in [6.45, 7) is 9.72. The summed E-state index contributed by atoms with van der Waals surface area (Å²) in [6.07, 6.45) is 2.48. The molecule has 6 heteroatoms. The number of ether oxygens (including phenoxy) is 1. The van der Waals surface area contributed by atoms with Crippen molar-refractivity contribution in [1.82, 2.24) is 14.9 Å². The van der Waals surface area contributed by atoms with Gasteiger partial charge in [0.2, 0.25) is 0 Å². The number of nitrogens with zero attached hydrogens (tertiary/aromatic N) is 5. The van der Waals surface area contributed by atoms with Crippen LogP contribution in [0.4, 0.5) is 11.6 Å². The molecular weight excluding hydrogens is 314 g/mol. The van der Waals surface area contributed by atoms with Crippen LogP contribution in [-0.2, 0) is 0 Å². The molecule has 0 spiro atoms. The van der Waals surface area contributed by atoms with E-state index in [0.717, 1.165) is 74.2 Å². The Morgan fingerprint density at radius 3 is 2.16 bits per heavy atom. The predicted octanol–water partition coefficient (Wildman–Crippen LogP) is 2.38. The number of piperazine rings is 1. The second-order valence-electron chi connectivity index (χ2n) is 6.84. The molecule has 2 saturated heterocycles. The van der Waals surface area contributed by atoms with E-state index in [0.29, 0.717) is 0 Å². The van der Waals surface area contributed by atoms with Gasteiger partial charge < -0.3 is 19.4 Å². The smallest absolute Gasteiger partial charge is 0.172 e. The molecule has 2 fully saturated rings. The molecule has 2 aliphatic rings. The summed E-state index contributed by atoms with van der Waals surface area (Å²) in [5.41, 5.74) is 1.86. The van der Waals surface area contributed by atoms with E-state index < -0.39 is 0 Å². The number of likely N-dealkylation sites (N-methyl/N-ethyl adjacent to an activating group) is 1. The minimum atomic E-state index is 0.831. The second-order valence-corrected chi connectivity index (χ2v) is 6.84. The third-order valence-corrected chi connectivity index (χ3v) is 5.36. The molecule has 0 atom stereocenters. The number of hydrogen-bond acceptors (Lipinski definition) is 6. The van der Waals surface area contributed by atoms with Crippen molar-refractivity contribution in [2.75, 3.05) is 62.7 Å². The average molecular weight is 341 g/mol. The molecule has 0 radical (unpaired) electrons. The zero-order valence-electron chi connectivity index (χ0n) is 15.2. The monoisotopic (exact) mass is 341 g/mol. The van der Waals surface area contributed by atoms with Crippen LogP contribution in [0.1, 0.15) is 19.8 Å². The van der Waals surface area contributed by atoms with E-state index in [-0.39, 0.29) is 0 Å². The van der Waals surface area contributed by atoms with Gasteiger partial charge in [-0.3, -0.25) is 0 Å². The van der Waals surface area contributed by atoms with Crippen molar-refractivity contribution >= 4 is 22.7 Å². The van der Waals surface area contributed by atoms with E-state index in [2.05, 4.69) is 21.6 Å². The summed E-state index contributed by atoms with van der Waals surface area (Å²) in [6, 6.07) is 5.96. The molecule has 0 saturated carbocycles. The Kier molecular flexibility index (Phi) is 4.61. The Hall–Kier alpha value is -2.08. The first-order valence-corrected chi connectivity index (χ1v) is 9.36. The highest BCUT2D eigenvalue weighted by atomic mass is 16.5. The van der Waals surface area contributed by atoms with Crippen molar-refractivity contribution in [3.63, 3.8) is 0 Å². The molecular formula is C19H27N5O. The minimum absolute atomic E-state index is 0.831. The number of anilines is 2. The molecule has 134 valence electrons. The SMILES string of the molecule is CCN1CCN(c2nc3cc(OC)ccc3nc2N2CCCC2)CC1. The van der Waals surface area contributed by atoms with Crippen LogP contribution < -0.4 is 14.5 Å². The van der Waals surface area contributed by atoms with Gasteiger partial charge in [0, 0.05) is 45.3 Å². The topological polar surface area (TPSA) is 44.7 Å². The van der Waals surface area contributed by atoms with Crippen LogP contribution in [0.3, 0.4) is 0 Å². The lowest BCUT2D eigenvalue weighted by atomic mass is 10.2. The molecule has 3 heterocycles. The lowest BCUT2D eigenvalue weighted by molar-refractivity contribution is 0.270. The van der Waals surface area contributed by atoms with Crippen molar-refractivity contribution in [3.8, 4) is 5.75 Å². The van der Waals surface area contributed by atoms with Crippen LogP contribution in [0.15, 0.2) is 18.2 Å². The fraction of sp³-hybridized carbons (Fsp3) is 0.579. The number of hydrogen-bond donors (Lipinski definition) is 0. The molecule has 1 aromatic heterocycles. The highest BCUT2D eigenvalue weighted by molar-refractivity contribution is 5.82. The van der Waals surface area contributed by atoms with Gasteiger partial charge >= 0.3 is 0 Å². The van der Waals surface area contributed by atoms with E-state index in [1.807, 2.05) is 18.2 Å². The van der Waals surface area contributed by atoms with Gasteiger partial charge in [0.15, 0.2) is 11.6 Å². The molecule has 6 nitrogen and oxygen atoms in total. The number of fused-ring (bicyclic) bond motifs is 1. The molecule has 0 bridgehead atoms. The van der Waals surface area contributed by atoms with Crippen molar-refractivity contribution in [2.24, 2.45) is 0 Å². The third-order valence-electron chi connectivity index (χ3n) is 5.36. The van der Waals surface area contributed by atoms with Crippen LogP contribution >= 0.6 is 0 Å². The summed E-state index contributed by atoms with van der Waals surface area (Å²) >= 11 is 0. The maximum Gasteiger partial charge on any atom is 0.172 e. The standard InChI is InChI=1S/C19H27N5O/c1-3-22-10-12-24(13-11-22)19-18(23-8-4-5-9-23)20-16-7-6-15(25-2)14-17(16)21-19/h6-7,14H,3-5,8-13H2,1-2H3. The minimum Gasteiger partial charge on any atom is -0.497 e. The van der Waals surface area contributed by atoms with Crippen LogP contribution in [0, 0.1) is 0 Å². The zero-order chi connectivity index (χ0) is 17.2. The van der Waals surface area contributed by atoms with Gasteiger partial charge in [-0.1, -0.05) is 6.92 Å². The van der Waals surface area contributed by atoms with Gasteiger partial charge in [-0.2, -0.15) is 0 Å². The highest BCUT2D eigenvalue weighted by Crippen LogP contribution is 2.32. The summed E-state index contributed by atoms with van der Waals surface area (Å²) in [5, 5.41) is 0. The Morgan fingerprint density at radius 2 is 1.52 bits per heavy atom. The highest BCUT2D eigenvalue weighted by Gasteiger charge is 2.25. The van der Waals surface area contributed by atoms with E-state index in [9.17, 15) is 0 Å². The van der Waals surface area contributed by atoms with Crippen LogP contribution in [0.25, 0.3) is 11.0 Å². The van der Waals surface area contributed by atoms with E-state index in [1.165, 1.54) is 12.8 Å². The molecule has 2 aliphatic heterocycles. The van der Waals surface area contributed by atoms with E-state index >= 15 is 0 Å². The Bertz CT molecular complexity index is 736. The van der Waals surface area contributed by atoms with Gasteiger partial charge in [0.05, 0.1) is 18.1 Å². The van der Waals surface area contributed by atoms with Gasteiger partial charge in [-0.25, -0.2) is 9.97 Å². The largest absolute Gasteiger partial charge is 0.497 e. The molecule has 1 aromatic carbocycles.